The van der Waals surface area contributed by atoms with Crippen molar-refractivity contribution >= 4 is 16.8 Å². The second-order valence-corrected chi connectivity index (χ2v) is 5.51. The Kier molecular flexibility index (Phi) is 4.33. The van der Waals surface area contributed by atoms with Crippen molar-refractivity contribution in [2.75, 3.05) is 0 Å². The molecule has 6 nitrogen and oxygen atoms in total. The largest absolute Gasteiger partial charge is 0.349 e. The Morgan fingerprint density at radius 2 is 2.17 bits per heavy atom. The van der Waals surface area contributed by atoms with Crippen LogP contribution in [-0.2, 0) is 6.42 Å². The van der Waals surface area contributed by atoms with Crippen molar-refractivity contribution in [2.24, 2.45) is 0 Å². The fourth-order valence-electron chi connectivity index (χ4n) is 2.52. The van der Waals surface area contributed by atoms with E-state index in [0.29, 0.717) is 17.3 Å². The predicted molar refractivity (Wildman–Crippen MR) is 87.2 cm³/mol. The van der Waals surface area contributed by atoms with E-state index in [4.69, 9.17) is 0 Å². The number of nitrogens with zero attached hydrogens (tertiary/aromatic N) is 2. The number of carbonyl (C=O) groups excluding carboxylic acids is 1. The molecule has 0 aliphatic rings. The van der Waals surface area contributed by atoms with Crippen LogP contribution in [0, 0.1) is 5.82 Å². The van der Waals surface area contributed by atoms with E-state index in [1.54, 1.807) is 18.6 Å². The van der Waals surface area contributed by atoms with E-state index in [1.807, 2.05) is 6.92 Å². The number of fused-ring (bicyclic) bond motifs is 1. The molecule has 3 aromatic rings. The second-order valence-electron chi connectivity index (χ2n) is 5.51. The highest BCUT2D eigenvalue weighted by Gasteiger charge is 2.15. The van der Waals surface area contributed by atoms with Crippen LogP contribution in [0.3, 0.4) is 0 Å². The van der Waals surface area contributed by atoms with Crippen LogP contribution >= 0.6 is 0 Å². The minimum absolute atomic E-state index is 0.138. The maximum atomic E-state index is 13.5. The van der Waals surface area contributed by atoms with Gasteiger partial charge in [0.05, 0.1) is 11.3 Å². The molecule has 2 heterocycles. The molecule has 1 aromatic carbocycles. The Morgan fingerprint density at radius 3 is 2.92 bits per heavy atom. The third-order valence-electron chi connectivity index (χ3n) is 3.56. The van der Waals surface area contributed by atoms with Crippen molar-refractivity contribution in [1.82, 2.24) is 20.3 Å². The highest BCUT2D eigenvalue weighted by Crippen LogP contribution is 2.16. The molecule has 122 valence electrons. The first kappa shape index (κ1) is 15.8. The van der Waals surface area contributed by atoms with E-state index in [-0.39, 0.29) is 11.6 Å². The zero-order valence-electron chi connectivity index (χ0n) is 12.9. The minimum Gasteiger partial charge on any atom is -0.349 e. The lowest BCUT2D eigenvalue weighted by molar-refractivity contribution is 0.0941. The zero-order chi connectivity index (χ0) is 17.1. The summed E-state index contributed by atoms with van der Waals surface area (Å²) < 4.78 is 13.5. The van der Waals surface area contributed by atoms with E-state index in [2.05, 4.69) is 20.3 Å². The molecular weight excluding hydrogens is 311 g/mol. The zero-order valence-corrected chi connectivity index (χ0v) is 12.9. The molecule has 0 aliphatic heterocycles. The molecule has 2 aromatic heterocycles. The van der Waals surface area contributed by atoms with Gasteiger partial charge in [-0.05, 0) is 25.1 Å². The molecule has 3 rings (SSSR count). The molecule has 0 bridgehead atoms. The van der Waals surface area contributed by atoms with E-state index in [0.717, 1.165) is 5.69 Å². The third-order valence-corrected chi connectivity index (χ3v) is 3.56. The van der Waals surface area contributed by atoms with Crippen LogP contribution < -0.4 is 10.9 Å². The van der Waals surface area contributed by atoms with Crippen LogP contribution in [0.25, 0.3) is 10.9 Å². The molecule has 0 unspecified atom stereocenters. The van der Waals surface area contributed by atoms with Gasteiger partial charge in [0, 0.05) is 48.0 Å². The summed E-state index contributed by atoms with van der Waals surface area (Å²) in [6.07, 6.45) is 5.27. The average Bonchev–Trinajstić information content (AvgIpc) is 2.55. The van der Waals surface area contributed by atoms with Gasteiger partial charge in [0.15, 0.2) is 0 Å². The lowest BCUT2D eigenvalue weighted by Gasteiger charge is -2.14. The number of hydrogen-bond acceptors (Lipinski definition) is 4. The number of carbonyl (C=O) groups is 1. The number of H-pyrrole nitrogens is 1. The Bertz CT molecular complexity index is 940. The van der Waals surface area contributed by atoms with Crippen LogP contribution in [0.1, 0.15) is 23.0 Å². The number of amides is 1. The standard InChI is InChI=1S/C17H15FN4O2/c1-10(6-12-9-19-4-5-20-12)21-17(24)14-8-16(23)22-15-3-2-11(18)7-13(14)15/h2-5,7-10H,6H2,1H3,(H,21,24)(H,22,23)/t10-/m1/s1. The molecular formula is C17H15FN4O2. The number of halogens is 1. The second kappa shape index (κ2) is 6.57. The number of rotatable bonds is 4. The molecule has 0 fully saturated rings. The summed E-state index contributed by atoms with van der Waals surface area (Å²) in [6, 6.07) is 4.85. The van der Waals surface area contributed by atoms with Crippen molar-refractivity contribution in [2.45, 2.75) is 19.4 Å². The molecule has 1 amide bonds. The Morgan fingerprint density at radius 1 is 1.33 bits per heavy atom. The Labute approximate surface area is 136 Å². The number of aromatic nitrogens is 3. The van der Waals surface area contributed by atoms with E-state index < -0.39 is 17.3 Å². The summed E-state index contributed by atoms with van der Waals surface area (Å²) in [7, 11) is 0. The molecule has 0 spiro atoms. The van der Waals surface area contributed by atoms with Crippen LogP contribution in [0.2, 0.25) is 0 Å². The highest BCUT2D eigenvalue weighted by molar-refractivity contribution is 6.06. The van der Waals surface area contributed by atoms with Gasteiger partial charge in [-0.15, -0.1) is 0 Å². The van der Waals surface area contributed by atoms with Crippen molar-refractivity contribution < 1.29 is 9.18 Å². The van der Waals surface area contributed by atoms with Gasteiger partial charge in [-0.25, -0.2) is 4.39 Å². The maximum absolute atomic E-state index is 13.5. The van der Waals surface area contributed by atoms with Crippen LogP contribution in [0.4, 0.5) is 4.39 Å². The van der Waals surface area contributed by atoms with E-state index in [1.165, 1.54) is 24.3 Å². The molecule has 2 N–H and O–H groups in total. The Hall–Kier alpha value is -3.09. The van der Waals surface area contributed by atoms with Gasteiger partial charge in [0.1, 0.15) is 5.82 Å². The molecule has 0 saturated heterocycles. The summed E-state index contributed by atoms with van der Waals surface area (Å²) in [5.41, 5.74) is 0.878. The smallest absolute Gasteiger partial charge is 0.252 e. The molecule has 7 heteroatoms. The normalized spacial score (nSPS) is 12.1. The number of pyridine rings is 1. The SMILES string of the molecule is C[C@H](Cc1cnccn1)NC(=O)c1cc(=O)[nH]c2ccc(F)cc12. The molecule has 0 aliphatic carbocycles. The van der Waals surface area contributed by atoms with Gasteiger partial charge in [0.2, 0.25) is 5.56 Å². The van der Waals surface area contributed by atoms with Gasteiger partial charge in [-0.2, -0.15) is 0 Å². The summed E-state index contributed by atoms with van der Waals surface area (Å²) in [6.45, 7) is 1.82. The fraction of sp³-hybridized carbons (Fsp3) is 0.176. The number of aromatic amines is 1. The highest BCUT2D eigenvalue weighted by atomic mass is 19.1. The van der Waals surface area contributed by atoms with Crippen molar-refractivity contribution in [3.63, 3.8) is 0 Å². The van der Waals surface area contributed by atoms with Crippen LogP contribution in [0.5, 0.6) is 0 Å². The summed E-state index contributed by atoms with van der Waals surface area (Å²) in [5, 5.41) is 3.16. The Balaban J connectivity index is 1.86. The van der Waals surface area contributed by atoms with Crippen LogP contribution in [-0.4, -0.2) is 26.9 Å². The third kappa shape index (κ3) is 3.45. The monoisotopic (exact) mass is 326 g/mol. The van der Waals surface area contributed by atoms with Gasteiger partial charge in [-0.1, -0.05) is 0 Å². The summed E-state index contributed by atoms with van der Waals surface area (Å²) in [5.74, 6) is -0.913. The molecule has 1 atom stereocenters. The first-order chi connectivity index (χ1) is 11.5. The minimum atomic E-state index is -0.476. The number of benzene rings is 1. The van der Waals surface area contributed by atoms with Gasteiger partial charge in [-0.3, -0.25) is 19.6 Å². The van der Waals surface area contributed by atoms with E-state index >= 15 is 0 Å². The fourth-order valence-corrected chi connectivity index (χ4v) is 2.52. The number of nitrogens with one attached hydrogen (secondary N) is 2. The molecule has 0 radical (unpaired) electrons. The van der Waals surface area contributed by atoms with Crippen molar-refractivity contribution in [3.05, 3.63) is 70.3 Å². The first-order valence-corrected chi connectivity index (χ1v) is 7.41. The molecule has 0 saturated carbocycles. The lowest BCUT2D eigenvalue weighted by atomic mass is 10.1. The van der Waals surface area contributed by atoms with Crippen molar-refractivity contribution in [3.8, 4) is 0 Å². The van der Waals surface area contributed by atoms with Gasteiger partial charge < -0.3 is 10.3 Å². The van der Waals surface area contributed by atoms with Crippen molar-refractivity contribution in [1.29, 1.82) is 0 Å². The predicted octanol–water partition coefficient (Wildman–Crippen LogP) is 1.82. The summed E-state index contributed by atoms with van der Waals surface area (Å²) >= 11 is 0. The average molecular weight is 326 g/mol. The molecule has 24 heavy (non-hydrogen) atoms. The van der Waals surface area contributed by atoms with Crippen LogP contribution in [0.15, 0.2) is 47.7 Å². The summed E-state index contributed by atoms with van der Waals surface area (Å²) in [4.78, 5) is 34.9. The number of hydrogen-bond donors (Lipinski definition) is 2. The topological polar surface area (TPSA) is 87.7 Å². The van der Waals surface area contributed by atoms with Gasteiger partial charge >= 0.3 is 0 Å². The lowest BCUT2D eigenvalue weighted by Crippen LogP contribution is -2.35. The van der Waals surface area contributed by atoms with Gasteiger partial charge in [0.25, 0.3) is 5.91 Å². The quantitative estimate of drug-likeness (QED) is 0.765. The first-order valence-electron chi connectivity index (χ1n) is 7.41. The maximum Gasteiger partial charge on any atom is 0.252 e. The van der Waals surface area contributed by atoms with E-state index in [9.17, 15) is 14.0 Å².